The third-order valence-corrected chi connectivity index (χ3v) is 7.57. The monoisotopic (exact) mass is 536 g/mol. The first-order valence-electron chi connectivity index (χ1n) is 14.4. The van der Waals surface area contributed by atoms with Crippen LogP contribution in [0.25, 0.3) is 10.8 Å². The van der Waals surface area contributed by atoms with Crippen LogP contribution in [0.2, 0.25) is 0 Å². The Morgan fingerprint density at radius 3 is 2.56 bits per heavy atom. The second-order valence-corrected chi connectivity index (χ2v) is 11.8. The van der Waals surface area contributed by atoms with Crippen LogP contribution < -0.4 is 16.0 Å². The molecular weight excluding hydrogens is 492 g/mol. The Hall–Kier alpha value is -2.97. The fourth-order valence-electron chi connectivity index (χ4n) is 5.41. The summed E-state index contributed by atoms with van der Waals surface area (Å²) in [7, 11) is 0. The molecule has 3 N–H and O–H groups in total. The third-order valence-electron chi connectivity index (χ3n) is 7.57. The van der Waals surface area contributed by atoms with E-state index in [9.17, 15) is 14.4 Å². The molecule has 0 bridgehead atoms. The molecule has 2 aromatic rings. The average Bonchev–Trinajstić information content (AvgIpc) is 3.61. The number of carbonyl (C=O) groups excluding carboxylic acids is 3. The van der Waals surface area contributed by atoms with Gasteiger partial charge in [0.05, 0.1) is 6.10 Å². The molecule has 2 fully saturated rings. The summed E-state index contributed by atoms with van der Waals surface area (Å²) in [5, 5.41) is 11.6. The van der Waals surface area contributed by atoms with Crippen LogP contribution in [0.15, 0.2) is 42.5 Å². The average molecular weight is 537 g/mol. The first kappa shape index (κ1) is 29.0. The van der Waals surface area contributed by atoms with Crippen molar-refractivity contribution in [2.75, 3.05) is 32.8 Å². The summed E-state index contributed by atoms with van der Waals surface area (Å²) >= 11 is 0. The first-order valence-corrected chi connectivity index (χ1v) is 14.4. The molecule has 0 aliphatic carbocycles. The van der Waals surface area contributed by atoms with Crippen LogP contribution in [-0.4, -0.2) is 73.6 Å². The van der Waals surface area contributed by atoms with Crippen LogP contribution in [-0.2, 0) is 25.5 Å². The topological polar surface area (TPSA) is 99.8 Å². The van der Waals surface area contributed by atoms with Gasteiger partial charge in [-0.2, -0.15) is 0 Å². The smallest absolute Gasteiger partial charge is 0.243 e. The fourth-order valence-corrected chi connectivity index (χ4v) is 5.41. The highest BCUT2D eigenvalue weighted by molar-refractivity contribution is 5.93. The number of hydrogen-bond donors (Lipinski definition) is 3. The molecule has 2 aromatic carbocycles. The highest BCUT2D eigenvalue weighted by Gasteiger charge is 2.39. The molecule has 8 heteroatoms. The van der Waals surface area contributed by atoms with E-state index in [0.29, 0.717) is 32.0 Å². The van der Waals surface area contributed by atoms with Gasteiger partial charge in [0.2, 0.25) is 17.7 Å². The van der Waals surface area contributed by atoms with Gasteiger partial charge in [0.15, 0.2) is 0 Å². The van der Waals surface area contributed by atoms with Crippen LogP contribution in [0.4, 0.5) is 0 Å². The van der Waals surface area contributed by atoms with E-state index in [4.69, 9.17) is 4.74 Å². The Balaban J connectivity index is 1.38. The van der Waals surface area contributed by atoms with Gasteiger partial charge in [0.25, 0.3) is 0 Å². The van der Waals surface area contributed by atoms with Gasteiger partial charge in [-0.25, -0.2) is 0 Å². The Morgan fingerprint density at radius 1 is 1.03 bits per heavy atom. The fraction of sp³-hybridized carbons (Fsp3) is 0.581. The summed E-state index contributed by atoms with van der Waals surface area (Å²) in [6.07, 6.45) is 5.05. The molecule has 2 heterocycles. The number of nitrogens with zero attached hydrogens (tertiary/aromatic N) is 1. The SMILES string of the molecule is CC(C)(C)C(=O)N1CCC[C@H]1C(=O)N[C@H](Cc1ccc2ccccc2c1)C(=O)NCCCNCC1CCCO1. The summed E-state index contributed by atoms with van der Waals surface area (Å²) < 4.78 is 5.64. The highest BCUT2D eigenvalue weighted by atomic mass is 16.5. The van der Waals surface area contributed by atoms with Gasteiger partial charge in [0, 0.05) is 38.1 Å². The molecule has 3 amide bonds. The van der Waals surface area contributed by atoms with Crippen molar-refractivity contribution in [1.82, 2.24) is 20.9 Å². The van der Waals surface area contributed by atoms with E-state index in [2.05, 4.69) is 28.1 Å². The highest BCUT2D eigenvalue weighted by Crippen LogP contribution is 2.26. The zero-order valence-corrected chi connectivity index (χ0v) is 23.6. The molecule has 4 rings (SSSR count). The molecule has 212 valence electrons. The summed E-state index contributed by atoms with van der Waals surface area (Å²) in [5.74, 6) is -0.502. The van der Waals surface area contributed by atoms with Crippen LogP contribution >= 0.6 is 0 Å². The lowest BCUT2D eigenvalue weighted by molar-refractivity contribution is -0.145. The lowest BCUT2D eigenvalue weighted by Gasteiger charge is -2.31. The van der Waals surface area contributed by atoms with Gasteiger partial charge in [-0.15, -0.1) is 0 Å². The van der Waals surface area contributed by atoms with Crippen molar-refractivity contribution >= 4 is 28.5 Å². The zero-order chi connectivity index (χ0) is 27.8. The lowest BCUT2D eigenvalue weighted by atomic mass is 9.94. The number of hydrogen-bond acceptors (Lipinski definition) is 5. The van der Waals surface area contributed by atoms with Gasteiger partial charge in [-0.05, 0) is 55.0 Å². The lowest BCUT2D eigenvalue weighted by Crippen LogP contribution is -2.55. The molecule has 2 aliphatic heterocycles. The third kappa shape index (κ3) is 8.02. The molecular formula is C31H44N4O4. The maximum atomic E-state index is 13.4. The minimum Gasteiger partial charge on any atom is -0.377 e. The first-order chi connectivity index (χ1) is 18.7. The van der Waals surface area contributed by atoms with E-state index >= 15 is 0 Å². The minimum absolute atomic E-state index is 0.0359. The summed E-state index contributed by atoms with van der Waals surface area (Å²) in [6.45, 7) is 9.15. The van der Waals surface area contributed by atoms with E-state index in [1.54, 1.807) is 4.90 Å². The van der Waals surface area contributed by atoms with Crippen molar-refractivity contribution in [3.63, 3.8) is 0 Å². The number of nitrogens with one attached hydrogen (secondary N) is 3. The minimum atomic E-state index is -0.731. The summed E-state index contributed by atoms with van der Waals surface area (Å²) in [4.78, 5) is 41.4. The molecule has 0 saturated carbocycles. The van der Waals surface area contributed by atoms with Crippen LogP contribution in [0, 0.1) is 5.41 Å². The van der Waals surface area contributed by atoms with Crippen molar-refractivity contribution in [1.29, 1.82) is 0 Å². The van der Waals surface area contributed by atoms with E-state index in [1.165, 1.54) is 0 Å². The predicted octanol–water partition coefficient (Wildman–Crippen LogP) is 3.18. The largest absolute Gasteiger partial charge is 0.377 e. The normalized spacial score (nSPS) is 20.2. The molecule has 1 unspecified atom stereocenters. The molecule has 3 atom stereocenters. The van der Waals surface area contributed by atoms with E-state index in [1.807, 2.05) is 51.1 Å². The van der Waals surface area contributed by atoms with Gasteiger partial charge in [-0.1, -0.05) is 63.2 Å². The number of carbonyl (C=O) groups is 3. The Labute approximate surface area is 232 Å². The molecule has 0 spiro atoms. The van der Waals surface area contributed by atoms with Crippen LogP contribution in [0.1, 0.15) is 58.4 Å². The maximum Gasteiger partial charge on any atom is 0.243 e. The molecule has 0 radical (unpaired) electrons. The van der Waals surface area contributed by atoms with Crippen molar-refractivity contribution in [3.05, 3.63) is 48.0 Å². The van der Waals surface area contributed by atoms with E-state index in [0.717, 1.165) is 61.7 Å². The Kier molecular flexibility index (Phi) is 9.97. The van der Waals surface area contributed by atoms with Crippen molar-refractivity contribution in [2.24, 2.45) is 5.41 Å². The summed E-state index contributed by atoms with van der Waals surface area (Å²) in [6, 6.07) is 12.9. The maximum absolute atomic E-state index is 13.4. The number of ether oxygens (including phenoxy) is 1. The standard InChI is InChI=1S/C31H44N4O4/c1-31(2,3)30(38)35-17-6-12-27(35)29(37)34-26(20-22-13-14-23-9-4-5-10-24(23)19-22)28(36)33-16-8-15-32-21-25-11-7-18-39-25/h4-5,9-10,13-14,19,25-27,32H,6-8,11-12,15-18,20-21H2,1-3H3,(H,33,36)(H,34,37)/t25?,26-,27+/m1/s1. The van der Waals surface area contributed by atoms with E-state index < -0.39 is 17.5 Å². The second kappa shape index (κ2) is 13.4. The number of rotatable bonds is 11. The van der Waals surface area contributed by atoms with E-state index in [-0.39, 0.29) is 17.7 Å². The number of amides is 3. The number of likely N-dealkylation sites (tertiary alicyclic amines) is 1. The molecule has 39 heavy (non-hydrogen) atoms. The number of fused-ring (bicyclic) bond motifs is 1. The Bertz CT molecular complexity index is 1140. The van der Waals surface area contributed by atoms with Gasteiger partial charge < -0.3 is 25.6 Å². The molecule has 2 aliphatic rings. The molecule has 0 aromatic heterocycles. The second-order valence-electron chi connectivity index (χ2n) is 11.8. The summed E-state index contributed by atoms with van der Waals surface area (Å²) in [5.41, 5.74) is 0.407. The number of benzene rings is 2. The molecule has 8 nitrogen and oxygen atoms in total. The van der Waals surface area contributed by atoms with Crippen LogP contribution in [0.3, 0.4) is 0 Å². The van der Waals surface area contributed by atoms with Crippen molar-refractivity contribution in [2.45, 2.75) is 77.5 Å². The predicted molar refractivity (Wildman–Crippen MR) is 153 cm³/mol. The zero-order valence-electron chi connectivity index (χ0n) is 23.6. The molecule has 2 saturated heterocycles. The van der Waals surface area contributed by atoms with Crippen LogP contribution in [0.5, 0.6) is 0 Å². The van der Waals surface area contributed by atoms with Crippen molar-refractivity contribution in [3.8, 4) is 0 Å². The van der Waals surface area contributed by atoms with Gasteiger partial charge in [-0.3, -0.25) is 14.4 Å². The van der Waals surface area contributed by atoms with Crippen molar-refractivity contribution < 1.29 is 19.1 Å². The van der Waals surface area contributed by atoms with Gasteiger partial charge in [0.1, 0.15) is 12.1 Å². The Morgan fingerprint density at radius 2 is 1.82 bits per heavy atom. The van der Waals surface area contributed by atoms with Gasteiger partial charge >= 0.3 is 0 Å². The quantitative estimate of drug-likeness (QED) is 0.383.